The fourth-order valence-electron chi connectivity index (χ4n) is 3.35. The Labute approximate surface area is 161 Å². The second-order valence-corrected chi connectivity index (χ2v) is 6.62. The molecule has 0 fully saturated rings. The van der Waals surface area contributed by atoms with Crippen molar-refractivity contribution in [1.29, 1.82) is 0 Å². The van der Waals surface area contributed by atoms with E-state index < -0.39 is 11.7 Å². The number of carbonyl (C=O) groups excluding carboxylic acids is 2. The Morgan fingerprint density at radius 1 is 1.00 bits per heavy atom. The molecule has 2 amide bonds. The number of pyridine rings is 1. The highest BCUT2D eigenvalue weighted by atomic mass is 19.1. The largest absolute Gasteiger partial charge is 0.322 e. The lowest BCUT2D eigenvalue weighted by atomic mass is 10.0. The zero-order valence-corrected chi connectivity index (χ0v) is 15.1. The van der Waals surface area contributed by atoms with Crippen molar-refractivity contribution in [3.05, 3.63) is 89.5 Å². The number of hydrogen-bond donors (Lipinski definition) is 1. The van der Waals surface area contributed by atoms with Gasteiger partial charge in [0.05, 0.1) is 11.1 Å². The monoisotopic (exact) mass is 375 g/mol. The normalized spacial score (nSPS) is 13.0. The molecule has 6 heteroatoms. The van der Waals surface area contributed by atoms with Gasteiger partial charge in [-0.2, -0.15) is 0 Å². The van der Waals surface area contributed by atoms with Crippen molar-refractivity contribution in [2.45, 2.75) is 12.8 Å². The molecule has 1 N–H and O–H groups in total. The van der Waals surface area contributed by atoms with Crippen LogP contribution in [0.2, 0.25) is 0 Å². The van der Waals surface area contributed by atoms with Crippen LogP contribution in [-0.2, 0) is 6.42 Å². The highest BCUT2D eigenvalue weighted by Crippen LogP contribution is 2.28. The fourth-order valence-corrected chi connectivity index (χ4v) is 3.35. The predicted octanol–water partition coefficient (Wildman–Crippen LogP) is 4.07. The molecule has 4 rings (SSSR count). The second kappa shape index (κ2) is 7.60. The quantitative estimate of drug-likeness (QED) is 0.751. The first-order valence-corrected chi connectivity index (χ1v) is 9.03. The van der Waals surface area contributed by atoms with Crippen LogP contribution in [0.4, 0.5) is 15.8 Å². The van der Waals surface area contributed by atoms with Crippen LogP contribution >= 0.6 is 0 Å². The van der Waals surface area contributed by atoms with E-state index in [1.54, 1.807) is 11.0 Å². The third kappa shape index (κ3) is 3.62. The number of anilines is 2. The van der Waals surface area contributed by atoms with Gasteiger partial charge >= 0.3 is 0 Å². The molecule has 1 aromatic heterocycles. The summed E-state index contributed by atoms with van der Waals surface area (Å²) >= 11 is 0. The molecule has 2 heterocycles. The molecule has 0 saturated heterocycles. The van der Waals surface area contributed by atoms with Crippen LogP contribution in [0.3, 0.4) is 0 Å². The lowest BCUT2D eigenvalue weighted by molar-refractivity contribution is 0.0984. The van der Waals surface area contributed by atoms with Crippen molar-refractivity contribution in [1.82, 2.24) is 4.98 Å². The molecule has 0 saturated carbocycles. The molecular formula is C22H18FN3O2. The first kappa shape index (κ1) is 17.9. The number of nitrogens with one attached hydrogen (secondary N) is 1. The molecule has 1 aliphatic rings. The summed E-state index contributed by atoms with van der Waals surface area (Å²) in [6.45, 7) is 0.621. The van der Waals surface area contributed by atoms with E-state index in [1.807, 2.05) is 24.3 Å². The Kier molecular flexibility index (Phi) is 4.85. The van der Waals surface area contributed by atoms with Crippen molar-refractivity contribution >= 4 is 23.2 Å². The zero-order valence-electron chi connectivity index (χ0n) is 15.1. The minimum atomic E-state index is -0.452. The number of hydrogen-bond acceptors (Lipinski definition) is 3. The maximum atomic E-state index is 13.3. The second-order valence-electron chi connectivity index (χ2n) is 6.62. The molecule has 28 heavy (non-hydrogen) atoms. The van der Waals surface area contributed by atoms with Gasteiger partial charge in [-0.15, -0.1) is 0 Å². The number of amides is 2. The smallest absolute Gasteiger partial charge is 0.259 e. The average Bonchev–Trinajstić information content (AvgIpc) is 2.73. The topological polar surface area (TPSA) is 62.3 Å². The summed E-state index contributed by atoms with van der Waals surface area (Å²) in [5, 5.41) is 2.62. The van der Waals surface area contributed by atoms with Crippen LogP contribution in [0.25, 0.3) is 0 Å². The number of rotatable bonds is 3. The first-order chi connectivity index (χ1) is 13.6. The highest BCUT2D eigenvalue weighted by Gasteiger charge is 2.24. The van der Waals surface area contributed by atoms with Crippen LogP contribution in [-0.4, -0.2) is 23.3 Å². The van der Waals surface area contributed by atoms with E-state index in [4.69, 9.17) is 0 Å². The Morgan fingerprint density at radius 3 is 2.68 bits per heavy atom. The number of nitrogens with zero attached hydrogens (tertiary/aromatic N) is 2. The summed E-state index contributed by atoms with van der Waals surface area (Å²) in [6, 6.07) is 15.0. The van der Waals surface area contributed by atoms with Gasteiger partial charge in [-0.25, -0.2) is 4.39 Å². The van der Waals surface area contributed by atoms with Gasteiger partial charge in [0.25, 0.3) is 11.8 Å². The highest BCUT2D eigenvalue weighted by molar-refractivity contribution is 6.09. The molecule has 0 spiro atoms. The zero-order chi connectivity index (χ0) is 19.5. The molecule has 5 nitrogen and oxygen atoms in total. The predicted molar refractivity (Wildman–Crippen MR) is 105 cm³/mol. The Balaban J connectivity index is 1.57. The maximum Gasteiger partial charge on any atom is 0.259 e. The van der Waals surface area contributed by atoms with Crippen LogP contribution in [0, 0.1) is 5.82 Å². The Morgan fingerprint density at radius 2 is 1.82 bits per heavy atom. The van der Waals surface area contributed by atoms with Gasteiger partial charge in [0, 0.05) is 30.3 Å². The van der Waals surface area contributed by atoms with Crippen molar-refractivity contribution in [3.63, 3.8) is 0 Å². The van der Waals surface area contributed by atoms with E-state index >= 15 is 0 Å². The van der Waals surface area contributed by atoms with Gasteiger partial charge in [-0.1, -0.05) is 24.3 Å². The average molecular weight is 375 g/mol. The van der Waals surface area contributed by atoms with Gasteiger partial charge in [0.2, 0.25) is 0 Å². The number of halogens is 1. The first-order valence-electron chi connectivity index (χ1n) is 9.03. The standard InChI is InChI=1S/C22H18FN3O2/c23-18-7-3-8-19(12-18)25-21(27)16-11-17(14-24-13-16)22(28)26-10-4-6-15-5-1-2-9-20(15)26/h1-3,5,7-9,11-14H,4,6,10H2,(H,25,27). The lowest BCUT2D eigenvalue weighted by Crippen LogP contribution is -2.35. The number of fused-ring (bicyclic) bond motifs is 1. The fraction of sp³-hybridized carbons (Fsp3) is 0.136. The maximum absolute atomic E-state index is 13.3. The Hall–Kier alpha value is -3.54. The van der Waals surface area contributed by atoms with Crippen molar-refractivity contribution in [2.24, 2.45) is 0 Å². The number of aromatic nitrogens is 1. The van der Waals surface area contributed by atoms with Gasteiger partial charge in [0.15, 0.2) is 0 Å². The van der Waals surface area contributed by atoms with E-state index in [0.29, 0.717) is 17.8 Å². The summed E-state index contributed by atoms with van der Waals surface area (Å²) < 4.78 is 13.3. The number of benzene rings is 2. The van der Waals surface area contributed by atoms with E-state index in [0.717, 1.165) is 24.1 Å². The molecule has 140 valence electrons. The van der Waals surface area contributed by atoms with E-state index in [1.165, 1.54) is 36.7 Å². The Bertz CT molecular complexity index is 1050. The summed E-state index contributed by atoms with van der Waals surface area (Å²) in [7, 11) is 0. The van der Waals surface area contributed by atoms with Crippen molar-refractivity contribution in [3.8, 4) is 0 Å². The molecule has 1 aliphatic heterocycles. The van der Waals surface area contributed by atoms with E-state index in [9.17, 15) is 14.0 Å². The van der Waals surface area contributed by atoms with Crippen LogP contribution < -0.4 is 10.2 Å². The third-order valence-corrected chi connectivity index (χ3v) is 4.69. The SMILES string of the molecule is O=C(Nc1cccc(F)c1)c1cncc(C(=O)N2CCCc3ccccc32)c1. The summed E-state index contributed by atoms with van der Waals surface area (Å²) in [4.78, 5) is 31.3. The summed E-state index contributed by atoms with van der Waals surface area (Å²) in [5.74, 6) is -1.09. The minimum absolute atomic E-state index is 0.194. The molecule has 3 aromatic rings. The van der Waals surface area contributed by atoms with Gasteiger partial charge in [-0.05, 0) is 48.7 Å². The van der Waals surface area contributed by atoms with E-state index in [-0.39, 0.29) is 11.5 Å². The number of para-hydroxylation sites is 1. The molecule has 0 unspecified atom stereocenters. The van der Waals surface area contributed by atoms with Crippen molar-refractivity contribution < 1.29 is 14.0 Å². The van der Waals surface area contributed by atoms with Crippen LogP contribution in [0.15, 0.2) is 67.0 Å². The van der Waals surface area contributed by atoms with E-state index in [2.05, 4.69) is 10.3 Å². The van der Waals surface area contributed by atoms with Crippen LogP contribution in [0.5, 0.6) is 0 Å². The minimum Gasteiger partial charge on any atom is -0.322 e. The molecule has 0 atom stereocenters. The lowest BCUT2D eigenvalue weighted by Gasteiger charge is -2.29. The van der Waals surface area contributed by atoms with Crippen molar-refractivity contribution in [2.75, 3.05) is 16.8 Å². The summed E-state index contributed by atoms with van der Waals surface area (Å²) in [5.41, 5.74) is 2.94. The van der Waals surface area contributed by atoms with Gasteiger partial charge in [0.1, 0.15) is 5.82 Å². The third-order valence-electron chi connectivity index (χ3n) is 4.69. The van der Waals surface area contributed by atoms with Gasteiger partial charge < -0.3 is 10.2 Å². The van der Waals surface area contributed by atoms with Gasteiger partial charge in [-0.3, -0.25) is 14.6 Å². The molecule has 0 aliphatic carbocycles. The summed E-state index contributed by atoms with van der Waals surface area (Å²) in [6.07, 6.45) is 4.66. The van der Waals surface area contributed by atoms with Crippen LogP contribution in [0.1, 0.15) is 32.7 Å². The molecule has 2 aromatic carbocycles. The molecule has 0 radical (unpaired) electrons. The number of aryl methyl sites for hydroxylation is 1. The molecule has 0 bridgehead atoms. The molecular weight excluding hydrogens is 357 g/mol. The number of carbonyl (C=O) groups is 2.